The second-order valence-corrected chi connectivity index (χ2v) is 3.30. The fourth-order valence-electron chi connectivity index (χ4n) is 1.13. The lowest BCUT2D eigenvalue weighted by Gasteiger charge is -2.12. The van der Waals surface area contributed by atoms with Crippen LogP contribution in [0.25, 0.3) is 0 Å². The molecular weight excluding hydrogens is 178 g/mol. The van der Waals surface area contributed by atoms with Crippen LogP contribution >= 0.6 is 12.6 Å². The van der Waals surface area contributed by atoms with Crippen LogP contribution in [0.1, 0.15) is 12.8 Å². The van der Waals surface area contributed by atoms with E-state index in [1.807, 2.05) is 0 Å². The minimum Gasteiger partial charge on any atom is -0.396 e. The molecule has 0 saturated carbocycles. The third kappa shape index (κ3) is 1.78. The Hall–Kier alpha value is -0.550. The van der Waals surface area contributed by atoms with Gasteiger partial charge in [0, 0.05) is 19.6 Å². The lowest BCUT2D eigenvalue weighted by Crippen LogP contribution is -2.32. The topological polar surface area (TPSA) is 57.6 Å². The Bertz CT molecular complexity index is 207. The average Bonchev–Trinajstić information content (AvgIpc) is 2.25. The summed E-state index contributed by atoms with van der Waals surface area (Å²) in [6.07, 6.45) is 0.630. The Labute approximate surface area is 76.0 Å². The van der Waals surface area contributed by atoms with E-state index in [9.17, 15) is 9.59 Å². The van der Waals surface area contributed by atoms with Crippen molar-refractivity contribution in [1.29, 1.82) is 0 Å². The molecule has 0 aromatic heterocycles. The number of hydrogen-bond acceptors (Lipinski definition) is 4. The van der Waals surface area contributed by atoms with Gasteiger partial charge < -0.3 is 5.11 Å². The number of carbonyl (C=O) groups excluding carboxylic acids is 2. The van der Waals surface area contributed by atoms with Gasteiger partial charge in [0.15, 0.2) is 0 Å². The van der Waals surface area contributed by atoms with Crippen LogP contribution in [0.4, 0.5) is 0 Å². The lowest BCUT2D eigenvalue weighted by molar-refractivity contribution is -0.138. The maximum Gasteiger partial charge on any atom is 0.242 e. The molecular formula is C7H11NO3S. The van der Waals surface area contributed by atoms with Crippen LogP contribution in [0, 0.1) is 0 Å². The van der Waals surface area contributed by atoms with Crippen molar-refractivity contribution in [3.05, 3.63) is 0 Å². The van der Waals surface area contributed by atoms with Gasteiger partial charge in [-0.2, -0.15) is 12.6 Å². The monoisotopic (exact) mass is 189 g/mol. The fraction of sp³-hybridized carbons (Fsp3) is 0.714. The molecule has 1 N–H and O–H groups in total. The summed E-state index contributed by atoms with van der Waals surface area (Å²) >= 11 is 3.95. The van der Waals surface area contributed by atoms with Crippen molar-refractivity contribution in [3.8, 4) is 0 Å². The first-order valence-electron chi connectivity index (χ1n) is 3.80. The van der Waals surface area contributed by atoms with Crippen LogP contribution in [-0.4, -0.2) is 40.2 Å². The maximum atomic E-state index is 11.2. The van der Waals surface area contributed by atoms with Gasteiger partial charge in [0.25, 0.3) is 0 Å². The van der Waals surface area contributed by atoms with Crippen molar-refractivity contribution < 1.29 is 14.7 Å². The van der Waals surface area contributed by atoms with Crippen LogP contribution in [-0.2, 0) is 9.59 Å². The zero-order valence-electron chi connectivity index (χ0n) is 6.56. The Morgan fingerprint density at radius 1 is 1.58 bits per heavy atom. The number of aliphatic hydroxyl groups excluding tert-OH is 1. The highest BCUT2D eigenvalue weighted by Crippen LogP contribution is 2.17. The number of amides is 2. The Balaban J connectivity index is 2.52. The number of carbonyl (C=O) groups is 2. The molecule has 1 heterocycles. The lowest BCUT2D eigenvalue weighted by atomic mass is 10.4. The number of likely N-dealkylation sites (tertiary alicyclic amines) is 1. The minimum absolute atomic E-state index is 0.00566. The number of aliphatic hydroxyl groups is 1. The number of imide groups is 1. The largest absolute Gasteiger partial charge is 0.396 e. The molecule has 2 amide bonds. The number of hydrogen-bond donors (Lipinski definition) is 2. The highest BCUT2D eigenvalue weighted by molar-refractivity contribution is 7.81. The minimum atomic E-state index is -0.476. The van der Waals surface area contributed by atoms with Gasteiger partial charge in [-0.3, -0.25) is 14.5 Å². The van der Waals surface area contributed by atoms with E-state index >= 15 is 0 Å². The molecule has 0 spiro atoms. The molecule has 1 fully saturated rings. The van der Waals surface area contributed by atoms with Crippen molar-refractivity contribution in [2.24, 2.45) is 0 Å². The molecule has 68 valence electrons. The summed E-state index contributed by atoms with van der Waals surface area (Å²) in [5, 5.41) is 8.02. The zero-order chi connectivity index (χ0) is 9.14. The maximum absolute atomic E-state index is 11.2. The third-order valence-corrected chi connectivity index (χ3v) is 2.16. The van der Waals surface area contributed by atoms with Gasteiger partial charge in [0.1, 0.15) is 0 Å². The van der Waals surface area contributed by atoms with Gasteiger partial charge in [-0.05, 0) is 6.42 Å². The predicted molar refractivity (Wildman–Crippen MR) is 45.8 cm³/mol. The molecule has 0 bridgehead atoms. The van der Waals surface area contributed by atoms with Crippen molar-refractivity contribution in [2.45, 2.75) is 18.1 Å². The molecule has 1 saturated heterocycles. The number of rotatable bonds is 3. The van der Waals surface area contributed by atoms with E-state index in [4.69, 9.17) is 5.11 Å². The summed E-state index contributed by atoms with van der Waals surface area (Å²) < 4.78 is 0. The molecule has 5 heteroatoms. The Morgan fingerprint density at radius 2 is 2.25 bits per heavy atom. The summed E-state index contributed by atoms with van der Waals surface area (Å²) in [5.41, 5.74) is 0. The normalized spacial score (nSPS) is 23.8. The van der Waals surface area contributed by atoms with Gasteiger partial charge in [0.2, 0.25) is 11.8 Å². The SMILES string of the molecule is O=C1CC(S)C(=O)N1CCCO. The quantitative estimate of drug-likeness (QED) is 0.461. The van der Waals surface area contributed by atoms with E-state index in [2.05, 4.69) is 12.6 Å². The summed E-state index contributed by atoms with van der Waals surface area (Å²) in [5.74, 6) is -0.426. The summed E-state index contributed by atoms with van der Waals surface area (Å²) in [6, 6.07) is 0. The first kappa shape index (κ1) is 9.54. The third-order valence-electron chi connectivity index (χ3n) is 1.76. The molecule has 1 aliphatic heterocycles. The summed E-state index contributed by atoms with van der Waals surface area (Å²) in [7, 11) is 0. The predicted octanol–water partition coefficient (Wildman–Crippen LogP) is -0.574. The second kappa shape index (κ2) is 3.91. The van der Waals surface area contributed by atoms with E-state index in [0.717, 1.165) is 4.90 Å². The molecule has 12 heavy (non-hydrogen) atoms. The van der Waals surface area contributed by atoms with E-state index in [-0.39, 0.29) is 24.8 Å². The molecule has 1 aliphatic rings. The number of thiol groups is 1. The summed E-state index contributed by atoms with van der Waals surface area (Å²) in [4.78, 5) is 23.4. The van der Waals surface area contributed by atoms with Gasteiger partial charge in [-0.15, -0.1) is 0 Å². The fourth-order valence-corrected chi connectivity index (χ4v) is 1.42. The van der Waals surface area contributed by atoms with Crippen LogP contribution in [0.3, 0.4) is 0 Å². The molecule has 1 atom stereocenters. The van der Waals surface area contributed by atoms with Gasteiger partial charge in [0.05, 0.1) is 5.25 Å². The number of nitrogens with zero attached hydrogens (tertiary/aromatic N) is 1. The molecule has 0 aromatic carbocycles. The van der Waals surface area contributed by atoms with E-state index in [0.29, 0.717) is 13.0 Å². The highest BCUT2D eigenvalue weighted by Gasteiger charge is 2.35. The van der Waals surface area contributed by atoms with Gasteiger partial charge in [-0.1, -0.05) is 0 Å². The standard InChI is InChI=1S/C7H11NO3S/c9-3-1-2-8-6(10)4-5(12)7(8)11/h5,9,12H,1-4H2. The first-order chi connectivity index (χ1) is 5.66. The van der Waals surface area contributed by atoms with Crippen molar-refractivity contribution >= 4 is 24.4 Å². The molecule has 0 radical (unpaired) electrons. The van der Waals surface area contributed by atoms with Gasteiger partial charge >= 0.3 is 0 Å². The van der Waals surface area contributed by atoms with Crippen molar-refractivity contribution in [1.82, 2.24) is 4.90 Å². The highest BCUT2D eigenvalue weighted by atomic mass is 32.1. The van der Waals surface area contributed by atoms with Crippen LogP contribution < -0.4 is 0 Å². The van der Waals surface area contributed by atoms with Crippen LogP contribution in [0.2, 0.25) is 0 Å². The molecule has 4 nitrogen and oxygen atoms in total. The molecule has 0 aliphatic carbocycles. The molecule has 1 rings (SSSR count). The van der Waals surface area contributed by atoms with E-state index in [1.54, 1.807) is 0 Å². The Kier molecular flexibility index (Phi) is 3.11. The summed E-state index contributed by atoms with van der Waals surface area (Å²) in [6.45, 7) is 0.305. The Morgan fingerprint density at radius 3 is 2.67 bits per heavy atom. The van der Waals surface area contributed by atoms with Gasteiger partial charge in [-0.25, -0.2) is 0 Å². The van der Waals surface area contributed by atoms with Crippen molar-refractivity contribution in [2.75, 3.05) is 13.2 Å². The zero-order valence-corrected chi connectivity index (χ0v) is 7.46. The first-order valence-corrected chi connectivity index (χ1v) is 4.31. The van der Waals surface area contributed by atoms with Crippen molar-refractivity contribution in [3.63, 3.8) is 0 Å². The smallest absolute Gasteiger partial charge is 0.242 e. The molecule has 0 aromatic rings. The molecule has 1 unspecified atom stereocenters. The average molecular weight is 189 g/mol. The second-order valence-electron chi connectivity index (χ2n) is 2.68. The van der Waals surface area contributed by atoms with Crippen LogP contribution in [0.15, 0.2) is 0 Å². The van der Waals surface area contributed by atoms with E-state index in [1.165, 1.54) is 0 Å². The van der Waals surface area contributed by atoms with Crippen LogP contribution in [0.5, 0.6) is 0 Å². The van der Waals surface area contributed by atoms with E-state index < -0.39 is 5.25 Å².